The molecule has 0 aliphatic heterocycles. The molecule has 0 aromatic carbocycles. The van der Waals surface area contributed by atoms with Crippen LogP contribution in [0.3, 0.4) is 0 Å². The molecule has 0 aliphatic rings. The van der Waals surface area contributed by atoms with Gasteiger partial charge >= 0.3 is 0 Å². The molecule has 7 heteroatoms. The number of hydrogen-bond acceptors (Lipinski definition) is 5. The molecule has 0 amide bonds. The minimum absolute atomic E-state index is 0.182. The van der Waals surface area contributed by atoms with Crippen LogP contribution in [0.2, 0.25) is 0 Å². The van der Waals surface area contributed by atoms with Crippen molar-refractivity contribution in [2.45, 2.75) is 4.21 Å². The number of methoxy groups -OCH3 is 1. The van der Waals surface area contributed by atoms with Crippen molar-refractivity contribution in [1.29, 1.82) is 0 Å². The second-order valence-electron chi connectivity index (χ2n) is 2.36. The molecule has 1 N–H and O–H groups in total. The molecular weight excluding hydrogens is 226 g/mol. The molecule has 0 spiro atoms. The summed E-state index contributed by atoms with van der Waals surface area (Å²) in [6.45, 7) is 0.522. The fraction of sp³-hybridized carbons (Fsp3) is 0.429. The second kappa shape index (κ2) is 5.42. The molecule has 80 valence electrons. The second-order valence-corrected chi connectivity index (χ2v) is 5.18. The molecule has 1 rings (SSSR count). The summed E-state index contributed by atoms with van der Waals surface area (Å²) in [5, 5.41) is 1.68. The van der Waals surface area contributed by atoms with Crippen LogP contribution in [0.1, 0.15) is 0 Å². The van der Waals surface area contributed by atoms with Gasteiger partial charge in [-0.05, 0) is 11.4 Å². The number of hydrogen-bond donors (Lipinski definition) is 1. The van der Waals surface area contributed by atoms with Crippen LogP contribution < -0.4 is 4.89 Å². The van der Waals surface area contributed by atoms with Gasteiger partial charge in [0.15, 0.2) is 0 Å². The fourth-order valence-corrected chi connectivity index (χ4v) is 2.50. The topological polar surface area (TPSA) is 64.6 Å². The zero-order valence-corrected chi connectivity index (χ0v) is 9.23. The van der Waals surface area contributed by atoms with Gasteiger partial charge in [0, 0.05) is 7.11 Å². The van der Waals surface area contributed by atoms with Gasteiger partial charge in [0.05, 0.1) is 13.2 Å². The Labute approximate surface area is 86.7 Å². The summed E-state index contributed by atoms with van der Waals surface area (Å²) in [5.74, 6) is 0. The maximum atomic E-state index is 11.4. The van der Waals surface area contributed by atoms with Crippen LogP contribution in [-0.2, 0) is 19.6 Å². The van der Waals surface area contributed by atoms with E-state index in [9.17, 15) is 8.42 Å². The Kier molecular flexibility index (Phi) is 4.49. The summed E-state index contributed by atoms with van der Waals surface area (Å²) in [5.41, 5.74) is 0. The molecule has 0 unspecified atom stereocenters. The smallest absolute Gasteiger partial charge is 0.271 e. The number of nitrogens with one attached hydrogen (secondary N) is 1. The number of rotatable bonds is 6. The molecule has 1 heterocycles. The minimum Gasteiger partial charge on any atom is -0.382 e. The van der Waals surface area contributed by atoms with Crippen molar-refractivity contribution in [3.8, 4) is 0 Å². The van der Waals surface area contributed by atoms with Crippen molar-refractivity contribution in [3.63, 3.8) is 0 Å². The highest BCUT2D eigenvalue weighted by molar-refractivity contribution is 7.91. The highest BCUT2D eigenvalue weighted by Gasteiger charge is 2.14. The van der Waals surface area contributed by atoms with Gasteiger partial charge in [-0.25, -0.2) is 8.42 Å². The van der Waals surface area contributed by atoms with Crippen molar-refractivity contribution in [2.75, 3.05) is 20.3 Å². The van der Waals surface area contributed by atoms with Crippen molar-refractivity contribution in [3.05, 3.63) is 17.5 Å². The molecule has 0 radical (unpaired) electrons. The first-order valence-electron chi connectivity index (χ1n) is 3.83. The highest BCUT2D eigenvalue weighted by atomic mass is 32.2. The molecule has 1 aromatic rings. The first-order valence-corrected chi connectivity index (χ1v) is 6.19. The zero-order valence-electron chi connectivity index (χ0n) is 7.60. The van der Waals surface area contributed by atoms with Gasteiger partial charge in [-0.15, -0.1) is 11.3 Å². The molecule has 14 heavy (non-hydrogen) atoms. The summed E-state index contributed by atoms with van der Waals surface area (Å²) < 4.78 is 27.7. The molecule has 0 saturated carbocycles. The normalized spacial score (nSPS) is 11.8. The van der Waals surface area contributed by atoms with E-state index in [2.05, 4.69) is 0 Å². The Morgan fingerprint density at radius 3 is 2.86 bits per heavy atom. The Bertz CT molecular complexity index is 346. The van der Waals surface area contributed by atoms with Crippen molar-refractivity contribution in [2.24, 2.45) is 0 Å². The predicted octanol–water partition coefficient (Wildman–Crippen LogP) is 0.604. The number of sulfonamides is 1. The Hall–Kier alpha value is -0.470. The molecule has 0 aliphatic carbocycles. The Morgan fingerprint density at radius 1 is 1.50 bits per heavy atom. The van der Waals surface area contributed by atoms with Gasteiger partial charge in [0.25, 0.3) is 10.0 Å². The lowest BCUT2D eigenvalue weighted by molar-refractivity contribution is 0.0439. The average molecular weight is 237 g/mol. The van der Waals surface area contributed by atoms with E-state index >= 15 is 0 Å². The third-order valence-electron chi connectivity index (χ3n) is 1.32. The van der Waals surface area contributed by atoms with Crippen molar-refractivity contribution < 1.29 is 18.0 Å². The van der Waals surface area contributed by atoms with Crippen LogP contribution in [0.25, 0.3) is 0 Å². The molecule has 0 bridgehead atoms. The van der Waals surface area contributed by atoms with Crippen LogP contribution in [0.4, 0.5) is 0 Å². The van der Waals surface area contributed by atoms with E-state index in [4.69, 9.17) is 9.57 Å². The van der Waals surface area contributed by atoms with Crippen molar-refractivity contribution in [1.82, 2.24) is 4.89 Å². The lowest BCUT2D eigenvalue weighted by Crippen LogP contribution is -2.24. The van der Waals surface area contributed by atoms with E-state index in [1.54, 1.807) is 11.4 Å². The van der Waals surface area contributed by atoms with E-state index in [1.165, 1.54) is 13.2 Å². The highest BCUT2D eigenvalue weighted by Crippen LogP contribution is 2.14. The monoisotopic (exact) mass is 237 g/mol. The summed E-state index contributed by atoms with van der Waals surface area (Å²) in [6, 6.07) is 3.17. The predicted molar refractivity (Wildman–Crippen MR) is 52.5 cm³/mol. The quantitative estimate of drug-likeness (QED) is 0.581. The van der Waals surface area contributed by atoms with Crippen LogP contribution >= 0.6 is 11.3 Å². The van der Waals surface area contributed by atoms with Gasteiger partial charge in [0.1, 0.15) is 4.21 Å². The molecule has 1 aromatic heterocycles. The first-order chi connectivity index (χ1) is 6.67. The fourth-order valence-electron chi connectivity index (χ4n) is 0.702. The third-order valence-corrected chi connectivity index (χ3v) is 3.93. The van der Waals surface area contributed by atoms with Gasteiger partial charge in [-0.2, -0.15) is 0 Å². The number of ether oxygens (including phenoxy) is 1. The number of thiophene rings is 1. The lowest BCUT2D eigenvalue weighted by Gasteiger charge is -2.04. The molecule has 0 atom stereocenters. The summed E-state index contributed by atoms with van der Waals surface area (Å²) in [4.78, 5) is 6.71. The van der Waals surface area contributed by atoms with Gasteiger partial charge in [0.2, 0.25) is 0 Å². The Morgan fingerprint density at radius 2 is 2.29 bits per heavy atom. The SMILES string of the molecule is COCCONS(=O)(=O)c1cccs1. The van der Waals surface area contributed by atoms with Gasteiger partial charge < -0.3 is 4.74 Å². The van der Waals surface area contributed by atoms with Gasteiger partial charge in [-0.1, -0.05) is 11.0 Å². The summed E-state index contributed by atoms with van der Waals surface area (Å²) in [7, 11) is -2.00. The van der Waals surface area contributed by atoms with Crippen LogP contribution in [0.5, 0.6) is 0 Å². The van der Waals surface area contributed by atoms with E-state index in [-0.39, 0.29) is 10.8 Å². The molecular formula is C7H11NO4S2. The maximum Gasteiger partial charge on any atom is 0.271 e. The summed E-state index contributed by atoms with van der Waals surface area (Å²) in [6.07, 6.45) is 0. The van der Waals surface area contributed by atoms with E-state index in [0.717, 1.165) is 11.3 Å². The van der Waals surface area contributed by atoms with Crippen LogP contribution in [-0.4, -0.2) is 28.7 Å². The minimum atomic E-state index is -3.51. The largest absolute Gasteiger partial charge is 0.382 e. The third kappa shape index (κ3) is 3.35. The zero-order chi connectivity index (χ0) is 10.4. The standard InChI is InChI=1S/C7H11NO4S2/c1-11-4-5-12-8-14(9,10)7-3-2-6-13-7/h2-3,6,8H,4-5H2,1H3. The molecule has 0 saturated heterocycles. The maximum absolute atomic E-state index is 11.4. The van der Waals surface area contributed by atoms with E-state index in [1.807, 2.05) is 4.89 Å². The van der Waals surface area contributed by atoms with E-state index < -0.39 is 10.0 Å². The van der Waals surface area contributed by atoms with Crippen molar-refractivity contribution >= 4 is 21.4 Å². The van der Waals surface area contributed by atoms with Crippen LogP contribution in [0, 0.1) is 0 Å². The molecule has 5 nitrogen and oxygen atoms in total. The molecule has 0 fully saturated rings. The first kappa shape index (κ1) is 11.6. The van der Waals surface area contributed by atoms with Crippen LogP contribution in [0.15, 0.2) is 21.7 Å². The average Bonchev–Trinajstić information content (AvgIpc) is 2.65. The summed E-state index contributed by atoms with van der Waals surface area (Å²) >= 11 is 1.13. The lowest BCUT2D eigenvalue weighted by atomic mass is 10.7. The Balaban J connectivity index is 2.44. The van der Waals surface area contributed by atoms with Gasteiger partial charge in [-0.3, -0.25) is 4.84 Å². The van der Waals surface area contributed by atoms with E-state index in [0.29, 0.717) is 6.61 Å².